The maximum atomic E-state index is 5.94. The molecular formula is C11H19NO2. The minimum atomic E-state index is 0.146. The Balaban J connectivity index is 1.58. The summed E-state index contributed by atoms with van der Waals surface area (Å²) in [6, 6.07) is 0. The van der Waals surface area contributed by atoms with E-state index in [2.05, 4.69) is 11.8 Å². The van der Waals surface area contributed by atoms with Gasteiger partial charge in [-0.3, -0.25) is 4.90 Å². The fourth-order valence-corrected chi connectivity index (χ4v) is 2.53. The number of nitrogens with zero attached hydrogens (tertiary/aromatic N) is 1. The second-order valence-corrected chi connectivity index (χ2v) is 5.13. The Hall–Kier alpha value is -0.120. The first-order chi connectivity index (χ1) is 6.76. The van der Waals surface area contributed by atoms with E-state index in [1.165, 1.54) is 12.8 Å². The van der Waals surface area contributed by atoms with Gasteiger partial charge in [0.1, 0.15) is 0 Å². The summed E-state index contributed by atoms with van der Waals surface area (Å²) in [6.45, 7) is 7.47. The molecule has 2 heterocycles. The van der Waals surface area contributed by atoms with Gasteiger partial charge in [-0.15, -0.1) is 0 Å². The number of morpholine rings is 1. The van der Waals surface area contributed by atoms with E-state index < -0.39 is 0 Å². The summed E-state index contributed by atoms with van der Waals surface area (Å²) in [5.41, 5.74) is 0.146. The van der Waals surface area contributed by atoms with E-state index >= 15 is 0 Å². The maximum Gasteiger partial charge on any atom is 0.0936 e. The van der Waals surface area contributed by atoms with Crippen LogP contribution in [0.15, 0.2) is 0 Å². The molecule has 3 aliphatic rings. The summed E-state index contributed by atoms with van der Waals surface area (Å²) in [4.78, 5) is 2.51. The molecule has 0 aromatic rings. The molecule has 0 aromatic carbocycles. The fraction of sp³-hybridized carbons (Fsp3) is 1.00. The molecule has 3 heteroatoms. The quantitative estimate of drug-likeness (QED) is 0.628. The zero-order chi connectivity index (χ0) is 9.60. The van der Waals surface area contributed by atoms with Crippen LogP contribution in [0.25, 0.3) is 0 Å². The van der Waals surface area contributed by atoms with Crippen LogP contribution in [0.4, 0.5) is 0 Å². The van der Waals surface area contributed by atoms with Crippen LogP contribution in [0, 0.1) is 5.92 Å². The third-order valence-corrected chi connectivity index (χ3v) is 3.68. The SMILES string of the molecule is CC1(C2CC2)CN(C[C@@H]2CO2)CCO1. The van der Waals surface area contributed by atoms with Crippen LogP contribution in [-0.2, 0) is 9.47 Å². The molecule has 2 atom stereocenters. The lowest BCUT2D eigenvalue weighted by Crippen LogP contribution is -2.52. The number of rotatable bonds is 3. The largest absolute Gasteiger partial charge is 0.372 e. The number of epoxide rings is 1. The third kappa shape index (κ3) is 1.81. The predicted octanol–water partition coefficient (Wildman–Crippen LogP) is 0.886. The normalized spacial score (nSPS) is 43.9. The Morgan fingerprint density at radius 1 is 1.43 bits per heavy atom. The highest BCUT2D eigenvalue weighted by Gasteiger charge is 2.45. The highest BCUT2D eigenvalue weighted by molar-refractivity contribution is 4.97. The molecule has 14 heavy (non-hydrogen) atoms. The molecule has 2 saturated heterocycles. The molecule has 1 unspecified atom stereocenters. The Morgan fingerprint density at radius 3 is 2.86 bits per heavy atom. The molecule has 0 radical (unpaired) electrons. The molecular weight excluding hydrogens is 178 g/mol. The molecule has 0 N–H and O–H groups in total. The van der Waals surface area contributed by atoms with Crippen LogP contribution in [0.1, 0.15) is 19.8 Å². The van der Waals surface area contributed by atoms with Gasteiger partial charge in [-0.25, -0.2) is 0 Å². The van der Waals surface area contributed by atoms with Gasteiger partial charge in [0, 0.05) is 19.6 Å². The third-order valence-electron chi connectivity index (χ3n) is 3.68. The summed E-state index contributed by atoms with van der Waals surface area (Å²) >= 11 is 0. The van der Waals surface area contributed by atoms with E-state index in [0.29, 0.717) is 6.10 Å². The van der Waals surface area contributed by atoms with Gasteiger partial charge in [-0.2, -0.15) is 0 Å². The average molecular weight is 197 g/mol. The van der Waals surface area contributed by atoms with Crippen molar-refractivity contribution in [1.29, 1.82) is 0 Å². The first-order valence-corrected chi connectivity index (χ1v) is 5.74. The molecule has 3 rings (SSSR count). The highest BCUT2D eigenvalue weighted by Crippen LogP contribution is 2.43. The first-order valence-electron chi connectivity index (χ1n) is 5.74. The molecule has 1 saturated carbocycles. The smallest absolute Gasteiger partial charge is 0.0936 e. The summed E-state index contributed by atoms with van der Waals surface area (Å²) < 4.78 is 11.2. The van der Waals surface area contributed by atoms with Crippen molar-refractivity contribution in [3.8, 4) is 0 Å². The van der Waals surface area contributed by atoms with Gasteiger partial charge in [0.05, 0.1) is 24.9 Å². The second-order valence-electron chi connectivity index (χ2n) is 5.13. The van der Waals surface area contributed by atoms with Crippen LogP contribution in [0.2, 0.25) is 0 Å². The number of hydrogen-bond donors (Lipinski definition) is 0. The minimum absolute atomic E-state index is 0.146. The van der Waals surface area contributed by atoms with Crippen molar-refractivity contribution in [3.05, 3.63) is 0 Å². The van der Waals surface area contributed by atoms with Crippen molar-refractivity contribution >= 4 is 0 Å². The molecule has 0 aromatic heterocycles. The standard InChI is InChI=1S/C11H19NO2/c1-11(9-2-3-9)8-12(4-5-14-11)6-10-7-13-10/h9-10H,2-8H2,1H3/t10-,11?/m1/s1. The molecule has 80 valence electrons. The predicted molar refractivity (Wildman–Crippen MR) is 53.3 cm³/mol. The summed E-state index contributed by atoms with van der Waals surface area (Å²) in [5, 5.41) is 0. The average Bonchev–Trinajstić information content (AvgIpc) is 3.00. The van der Waals surface area contributed by atoms with Crippen molar-refractivity contribution in [1.82, 2.24) is 4.90 Å². The van der Waals surface area contributed by atoms with E-state index in [0.717, 1.165) is 38.8 Å². The van der Waals surface area contributed by atoms with Gasteiger partial charge in [0.2, 0.25) is 0 Å². The molecule has 2 aliphatic heterocycles. The van der Waals surface area contributed by atoms with Gasteiger partial charge in [-0.1, -0.05) is 0 Å². The van der Waals surface area contributed by atoms with Crippen molar-refractivity contribution in [3.63, 3.8) is 0 Å². The lowest BCUT2D eigenvalue weighted by Gasteiger charge is -2.40. The van der Waals surface area contributed by atoms with Crippen LogP contribution < -0.4 is 0 Å². The monoisotopic (exact) mass is 197 g/mol. The second kappa shape index (κ2) is 3.19. The van der Waals surface area contributed by atoms with Crippen LogP contribution in [0.5, 0.6) is 0 Å². The van der Waals surface area contributed by atoms with Gasteiger partial charge in [-0.05, 0) is 25.7 Å². The van der Waals surface area contributed by atoms with E-state index in [-0.39, 0.29) is 5.60 Å². The van der Waals surface area contributed by atoms with Crippen LogP contribution in [0.3, 0.4) is 0 Å². The topological polar surface area (TPSA) is 25.0 Å². The Morgan fingerprint density at radius 2 is 2.21 bits per heavy atom. The molecule has 0 bridgehead atoms. The van der Waals surface area contributed by atoms with Gasteiger partial charge in [0.25, 0.3) is 0 Å². The van der Waals surface area contributed by atoms with Crippen LogP contribution in [-0.4, -0.2) is 49.5 Å². The van der Waals surface area contributed by atoms with E-state index in [1.54, 1.807) is 0 Å². The molecule has 0 amide bonds. The van der Waals surface area contributed by atoms with Crippen LogP contribution >= 0.6 is 0 Å². The van der Waals surface area contributed by atoms with E-state index in [4.69, 9.17) is 9.47 Å². The van der Waals surface area contributed by atoms with Crippen molar-refractivity contribution in [2.75, 3.05) is 32.8 Å². The summed E-state index contributed by atoms with van der Waals surface area (Å²) in [6.07, 6.45) is 3.26. The summed E-state index contributed by atoms with van der Waals surface area (Å²) in [7, 11) is 0. The minimum Gasteiger partial charge on any atom is -0.372 e. The Labute approximate surface area is 85.4 Å². The van der Waals surface area contributed by atoms with E-state index in [9.17, 15) is 0 Å². The molecule has 3 nitrogen and oxygen atoms in total. The number of hydrogen-bond acceptors (Lipinski definition) is 3. The fourth-order valence-electron chi connectivity index (χ4n) is 2.53. The first kappa shape index (κ1) is 9.13. The van der Waals surface area contributed by atoms with E-state index in [1.807, 2.05) is 0 Å². The summed E-state index contributed by atoms with van der Waals surface area (Å²) in [5.74, 6) is 0.824. The lowest BCUT2D eigenvalue weighted by atomic mass is 9.98. The van der Waals surface area contributed by atoms with Gasteiger partial charge >= 0.3 is 0 Å². The van der Waals surface area contributed by atoms with Crippen molar-refractivity contribution in [2.24, 2.45) is 5.92 Å². The van der Waals surface area contributed by atoms with Crippen molar-refractivity contribution in [2.45, 2.75) is 31.5 Å². The zero-order valence-corrected chi connectivity index (χ0v) is 8.87. The highest BCUT2D eigenvalue weighted by atomic mass is 16.6. The Bertz CT molecular complexity index is 225. The lowest BCUT2D eigenvalue weighted by molar-refractivity contribution is -0.111. The maximum absolute atomic E-state index is 5.94. The molecule has 3 fully saturated rings. The molecule has 0 spiro atoms. The zero-order valence-electron chi connectivity index (χ0n) is 8.87. The van der Waals surface area contributed by atoms with Crippen molar-refractivity contribution < 1.29 is 9.47 Å². The molecule has 1 aliphatic carbocycles. The number of ether oxygens (including phenoxy) is 2. The Kier molecular flexibility index (Phi) is 2.08. The van der Waals surface area contributed by atoms with Gasteiger partial charge < -0.3 is 9.47 Å². The van der Waals surface area contributed by atoms with Gasteiger partial charge in [0.15, 0.2) is 0 Å².